The molecule has 0 saturated heterocycles. The van der Waals surface area contributed by atoms with Gasteiger partial charge in [-0.2, -0.15) is 0 Å². The van der Waals surface area contributed by atoms with Gasteiger partial charge in [0.15, 0.2) is 0 Å². The second kappa shape index (κ2) is 4.78. The van der Waals surface area contributed by atoms with E-state index >= 15 is 0 Å². The van der Waals surface area contributed by atoms with Gasteiger partial charge in [-0.3, -0.25) is 0 Å². The quantitative estimate of drug-likeness (QED) is 0.615. The van der Waals surface area contributed by atoms with E-state index in [0.717, 1.165) is 10.9 Å². The highest BCUT2D eigenvalue weighted by Crippen LogP contribution is 2.18. The van der Waals surface area contributed by atoms with Gasteiger partial charge in [0.25, 0.3) is 0 Å². The van der Waals surface area contributed by atoms with E-state index in [1.165, 1.54) is 11.6 Å². The molecule has 1 aromatic heterocycles. The van der Waals surface area contributed by atoms with E-state index in [9.17, 15) is 4.79 Å². The molecule has 0 aliphatic rings. The van der Waals surface area contributed by atoms with E-state index in [1.54, 1.807) is 6.07 Å². The number of rotatable bonds is 0. The van der Waals surface area contributed by atoms with Gasteiger partial charge in [-0.25, -0.2) is 4.79 Å². The zero-order chi connectivity index (χ0) is 11.4. The molecule has 80 valence electrons. The Morgan fingerprint density at radius 2 is 1.73 bits per heavy atom. The van der Waals surface area contributed by atoms with E-state index in [-0.39, 0.29) is 5.63 Å². The SMILES string of the molecule is CC.Cc1cc(C)c2oc(=O)ccc2c1. The summed E-state index contributed by atoms with van der Waals surface area (Å²) in [7, 11) is 0. The zero-order valence-electron chi connectivity index (χ0n) is 9.63. The van der Waals surface area contributed by atoms with Crippen molar-refractivity contribution in [2.45, 2.75) is 27.7 Å². The second-order valence-electron chi connectivity index (χ2n) is 3.25. The van der Waals surface area contributed by atoms with Gasteiger partial charge in [-0.15, -0.1) is 0 Å². The standard InChI is InChI=1S/C11H10O2.C2H6/c1-7-5-8(2)11-9(6-7)3-4-10(12)13-11;1-2/h3-6H,1-2H3;1-2H3. The number of aryl methyl sites for hydroxylation is 2. The van der Waals surface area contributed by atoms with Crippen molar-refractivity contribution in [1.82, 2.24) is 0 Å². The van der Waals surface area contributed by atoms with Crippen LogP contribution in [-0.2, 0) is 0 Å². The van der Waals surface area contributed by atoms with Gasteiger partial charge >= 0.3 is 5.63 Å². The minimum atomic E-state index is -0.292. The minimum Gasteiger partial charge on any atom is -0.422 e. The molecule has 0 spiro atoms. The monoisotopic (exact) mass is 204 g/mol. The highest BCUT2D eigenvalue weighted by Gasteiger charge is 2.00. The Morgan fingerprint density at radius 1 is 1.07 bits per heavy atom. The minimum absolute atomic E-state index is 0.292. The molecule has 0 aliphatic carbocycles. The van der Waals surface area contributed by atoms with Crippen molar-refractivity contribution < 1.29 is 4.42 Å². The predicted molar refractivity (Wildman–Crippen MR) is 63.3 cm³/mol. The lowest BCUT2D eigenvalue weighted by molar-refractivity contribution is 0.558. The van der Waals surface area contributed by atoms with Gasteiger partial charge in [0.2, 0.25) is 0 Å². The van der Waals surface area contributed by atoms with Crippen molar-refractivity contribution in [3.05, 3.63) is 45.8 Å². The third kappa shape index (κ3) is 2.46. The molecule has 2 heteroatoms. The summed E-state index contributed by atoms with van der Waals surface area (Å²) in [5.74, 6) is 0. The molecule has 0 saturated carbocycles. The van der Waals surface area contributed by atoms with E-state index < -0.39 is 0 Å². The third-order valence-corrected chi connectivity index (χ3v) is 2.05. The van der Waals surface area contributed by atoms with Crippen LogP contribution in [0.25, 0.3) is 11.0 Å². The largest absolute Gasteiger partial charge is 0.422 e. The smallest absolute Gasteiger partial charge is 0.336 e. The van der Waals surface area contributed by atoms with Crippen LogP contribution in [0.5, 0.6) is 0 Å². The summed E-state index contributed by atoms with van der Waals surface area (Å²) in [6, 6.07) is 7.25. The Bertz CT molecular complexity index is 509. The lowest BCUT2D eigenvalue weighted by Crippen LogP contribution is -1.95. The van der Waals surface area contributed by atoms with Crippen LogP contribution in [0.1, 0.15) is 25.0 Å². The Balaban J connectivity index is 0.000000531. The lowest BCUT2D eigenvalue weighted by atomic mass is 10.1. The second-order valence-corrected chi connectivity index (χ2v) is 3.25. The summed E-state index contributed by atoms with van der Waals surface area (Å²) < 4.78 is 5.09. The molecule has 2 nitrogen and oxygen atoms in total. The molecule has 0 atom stereocenters. The van der Waals surface area contributed by atoms with Crippen LogP contribution in [-0.4, -0.2) is 0 Å². The zero-order valence-corrected chi connectivity index (χ0v) is 9.63. The molecular weight excluding hydrogens is 188 g/mol. The normalized spacial score (nSPS) is 9.60. The van der Waals surface area contributed by atoms with E-state index in [0.29, 0.717) is 5.58 Å². The first-order valence-corrected chi connectivity index (χ1v) is 5.18. The lowest BCUT2D eigenvalue weighted by Gasteiger charge is -2.01. The molecule has 0 amide bonds. The average molecular weight is 204 g/mol. The van der Waals surface area contributed by atoms with Crippen molar-refractivity contribution in [1.29, 1.82) is 0 Å². The maximum atomic E-state index is 11.0. The predicted octanol–water partition coefficient (Wildman–Crippen LogP) is 3.44. The van der Waals surface area contributed by atoms with Crippen LogP contribution in [0.2, 0.25) is 0 Å². The fourth-order valence-electron chi connectivity index (χ4n) is 1.54. The maximum Gasteiger partial charge on any atom is 0.336 e. The van der Waals surface area contributed by atoms with Crippen LogP contribution >= 0.6 is 0 Å². The van der Waals surface area contributed by atoms with Gasteiger partial charge in [-0.1, -0.05) is 25.5 Å². The van der Waals surface area contributed by atoms with Gasteiger partial charge < -0.3 is 4.42 Å². The first kappa shape index (κ1) is 11.5. The fraction of sp³-hybridized carbons (Fsp3) is 0.308. The van der Waals surface area contributed by atoms with Crippen molar-refractivity contribution >= 4 is 11.0 Å². The number of fused-ring (bicyclic) bond motifs is 1. The van der Waals surface area contributed by atoms with Gasteiger partial charge in [-0.05, 0) is 31.5 Å². The molecule has 2 aromatic rings. The Hall–Kier alpha value is -1.57. The van der Waals surface area contributed by atoms with Crippen LogP contribution in [0.3, 0.4) is 0 Å². The average Bonchev–Trinajstić information content (AvgIpc) is 2.22. The Morgan fingerprint density at radius 3 is 2.40 bits per heavy atom. The van der Waals surface area contributed by atoms with Gasteiger partial charge in [0.05, 0.1) is 0 Å². The van der Waals surface area contributed by atoms with Gasteiger partial charge in [0.1, 0.15) is 5.58 Å². The molecule has 0 radical (unpaired) electrons. The number of hydrogen-bond donors (Lipinski definition) is 0. The molecule has 0 N–H and O–H groups in total. The topological polar surface area (TPSA) is 30.2 Å². The van der Waals surface area contributed by atoms with Crippen molar-refractivity contribution in [2.75, 3.05) is 0 Å². The van der Waals surface area contributed by atoms with Crippen LogP contribution in [0, 0.1) is 13.8 Å². The summed E-state index contributed by atoms with van der Waals surface area (Å²) >= 11 is 0. The molecule has 2 rings (SSSR count). The van der Waals surface area contributed by atoms with Gasteiger partial charge in [0, 0.05) is 11.5 Å². The number of hydrogen-bond acceptors (Lipinski definition) is 2. The fourth-order valence-corrected chi connectivity index (χ4v) is 1.54. The third-order valence-electron chi connectivity index (χ3n) is 2.05. The van der Waals surface area contributed by atoms with Crippen molar-refractivity contribution in [3.63, 3.8) is 0 Å². The Kier molecular flexibility index (Phi) is 3.67. The highest BCUT2D eigenvalue weighted by atomic mass is 16.4. The molecule has 1 heterocycles. The van der Waals surface area contributed by atoms with E-state index in [4.69, 9.17) is 4.42 Å². The molecule has 0 unspecified atom stereocenters. The van der Waals surface area contributed by atoms with Crippen molar-refractivity contribution in [2.24, 2.45) is 0 Å². The summed E-state index contributed by atoms with van der Waals surface area (Å²) in [6.45, 7) is 7.97. The summed E-state index contributed by atoms with van der Waals surface area (Å²) in [5.41, 5.74) is 2.59. The van der Waals surface area contributed by atoms with E-state index in [1.807, 2.05) is 39.8 Å². The molecule has 1 aromatic carbocycles. The first-order valence-electron chi connectivity index (χ1n) is 5.18. The summed E-state index contributed by atoms with van der Waals surface area (Å²) in [6.07, 6.45) is 0. The summed E-state index contributed by atoms with van der Waals surface area (Å²) in [5, 5.41) is 0.983. The molecule has 15 heavy (non-hydrogen) atoms. The van der Waals surface area contributed by atoms with E-state index in [2.05, 4.69) is 0 Å². The molecule has 0 aliphatic heterocycles. The molecule has 0 fully saturated rings. The molecular formula is C13H16O2. The number of benzene rings is 1. The first-order chi connectivity index (χ1) is 7.16. The summed E-state index contributed by atoms with van der Waals surface area (Å²) in [4.78, 5) is 11.0. The highest BCUT2D eigenvalue weighted by molar-refractivity contribution is 5.80. The van der Waals surface area contributed by atoms with Crippen LogP contribution in [0.15, 0.2) is 33.5 Å². The van der Waals surface area contributed by atoms with Crippen LogP contribution in [0.4, 0.5) is 0 Å². The Labute approximate surface area is 89.5 Å². The van der Waals surface area contributed by atoms with Crippen LogP contribution < -0.4 is 5.63 Å². The molecule has 0 bridgehead atoms. The van der Waals surface area contributed by atoms with Crippen molar-refractivity contribution in [3.8, 4) is 0 Å². The maximum absolute atomic E-state index is 11.0.